The average Bonchev–Trinajstić information content (AvgIpc) is 3.63. The molecule has 0 amide bonds. The third-order valence-corrected chi connectivity index (χ3v) is 8.82. The molecule has 5 heteroatoms. The van der Waals surface area contributed by atoms with Crippen molar-refractivity contribution in [2.45, 2.75) is 99.8 Å². The smallest absolute Gasteiger partial charge is 0.104 e. The molecule has 0 bridgehead atoms. The van der Waals surface area contributed by atoms with Crippen molar-refractivity contribution in [3.63, 3.8) is 0 Å². The maximum Gasteiger partial charge on any atom is 0.104 e. The molecule has 5 aromatic rings. The number of hydrogen-bond acceptors (Lipinski definition) is 3. The number of amidine groups is 1. The summed E-state index contributed by atoms with van der Waals surface area (Å²) in [6.07, 6.45) is 0. The van der Waals surface area contributed by atoms with Crippen molar-refractivity contribution in [2.24, 2.45) is 10.5 Å². The minimum atomic E-state index is -0.103. The first-order valence-electron chi connectivity index (χ1n) is 17.0. The summed E-state index contributed by atoms with van der Waals surface area (Å²) in [5.74, 6) is 2.78. The average molecular weight is 810 g/mol. The van der Waals surface area contributed by atoms with Crippen molar-refractivity contribution in [3.8, 4) is 0 Å². The van der Waals surface area contributed by atoms with E-state index < -0.39 is 0 Å². The monoisotopic (exact) mass is 809 g/mol. The molecule has 253 valence electrons. The predicted octanol–water partition coefficient (Wildman–Crippen LogP) is 11.9. The summed E-state index contributed by atoms with van der Waals surface area (Å²) in [6.45, 7) is 27.3. The molecule has 1 aliphatic rings. The first-order chi connectivity index (χ1) is 21.8. The molecule has 0 saturated carbocycles. The maximum atomic E-state index is 5.29. The Morgan fingerprint density at radius 3 is 1.32 bits per heavy atom. The molecular formula is C42H52AuN4-2. The van der Waals surface area contributed by atoms with E-state index in [9.17, 15) is 0 Å². The summed E-state index contributed by atoms with van der Waals surface area (Å²) < 4.78 is 0. The van der Waals surface area contributed by atoms with Crippen molar-refractivity contribution < 1.29 is 22.4 Å². The molecule has 0 unspecified atom stereocenters. The molecule has 0 saturated heterocycles. The summed E-state index contributed by atoms with van der Waals surface area (Å²) in [4.78, 5) is 6.90. The quantitative estimate of drug-likeness (QED) is 0.127. The summed E-state index contributed by atoms with van der Waals surface area (Å²) in [5.41, 5.74) is 10.0. The van der Waals surface area contributed by atoms with Crippen LogP contribution >= 0.6 is 0 Å². The fourth-order valence-electron chi connectivity index (χ4n) is 6.42. The second-order valence-electron chi connectivity index (χ2n) is 14.8. The number of benzene rings is 4. The van der Waals surface area contributed by atoms with E-state index in [2.05, 4.69) is 171 Å². The molecule has 2 heterocycles. The molecule has 6 rings (SSSR count). The summed E-state index contributed by atoms with van der Waals surface area (Å²) in [5, 5.41) is 9.95. The minimum absolute atomic E-state index is 0. The summed E-state index contributed by atoms with van der Waals surface area (Å²) in [6, 6.07) is 30.0. The molecule has 0 fully saturated rings. The number of rotatable bonds is 6. The number of hydrazone groups is 1. The van der Waals surface area contributed by atoms with Gasteiger partial charge in [0.2, 0.25) is 0 Å². The zero-order chi connectivity index (χ0) is 33.3. The van der Waals surface area contributed by atoms with Gasteiger partial charge in [-0.1, -0.05) is 161 Å². The van der Waals surface area contributed by atoms with Crippen LogP contribution in [0.2, 0.25) is 0 Å². The van der Waals surface area contributed by atoms with Crippen LogP contribution in [0.5, 0.6) is 0 Å². The van der Waals surface area contributed by atoms with Gasteiger partial charge in [-0.3, -0.25) is 0 Å². The van der Waals surface area contributed by atoms with E-state index in [1.807, 2.05) is 12.1 Å². The molecule has 0 spiro atoms. The van der Waals surface area contributed by atoms with E-state index in [1.165, 1.54) is 44.4 Å². The van der Waals surface area contributed by atoms with Crippen LogP contribution in [0.15, 0.2) is 90.0 Å². The Labute approximate surface area is 299 Å². The molecule has 4 nitrogen and oxygen atoms in total. The molecule has 0 aliphatic carbocycles. The number of aromatic nitrogens is 1. The SMILES string of the molecule is CC(C)c1cccc(C(C)C)c1N1[CH-]N(c2c(C(C)C)cccc2C(C)C)C(C(C)(C)C)=N1.[Au].c1ccc2c(c1)[n-]c1ccccc12. The maximum absolute atomic E-state index is 5.29. The third-order valence-electron chi connectivity index (χ3n) is 8.82. The largest absolute Gasteiger partial charge is 0.657 e. The predicted molar refractivity (Wildman–Crippen MR) is 200 cm³/mol. The summed E-state index contributed by atoms with van der Waals surface area (Å²) in [7, 11) is 0. The Kier molecular flexibility index (Phi) is 11.5. The van der Waals surface area contributed by atoms with E-state index in [0.717, 1.165) is 16.9 Å². The second-order valence-corrected chi connectivity index (χ2v) is 14.8. The molecule has 1 aliphatic heterocycles. The van der Waals surface area contributed by atoms with Crippen molar-refractivity contribution in [1.82, 2.24) is 4.98 Å². The Bertz CT molecular complexity index is 1730. The normalized spacial score (nSPS) is 13.6. The zero-order valence-electron chi connectivity index (χ0n) is 30.1. The van der Waals surface area contributed by atoms with Crippen molar-refractivity contribution in [3.05, 3.63) is 114 Å². The van der Waals surface area contributed by atoms with Crippen LogP contribution in [0.4, 0.5) is 11.4 Å². The van der Waals surface area contributed by atoms with E-state index >= 15 is 0 Å². The van der Waals surface area contributed by atoms with Crippen LogP contribution in [0.1, 0.15) is 122 Å². The number of fused-ring (bicyclic) bond motifs is 3. The Hall–Kier alpha value is -3.31. The van der Waals surface area contributed by atoms with Gasteiger partial charge in [0.05, 0.1) is 0 Å². The number of anilines is 2. The molecule has 4 aromatic carbocycles. The van der Waals surface area contributed by atoms with E-state index in [0.29, 0.717) is 23.7 Å². The van der Waals surface area contributed by atoms with Crippen LogP contribution in [-0.2, 0) is 22.4 Å². The minimum Gasteiger partial charge on any atom is -0.657 e. The van der Waals surface area contributed by atoms with Crippen molar-refractivity contribution >= 4 is 39.0 Å². The number of nitrogens with zero attached hydrogens (tertiary/aromatic N) is 4. The van der Waals surface area contributed by atoms with Gasteiger partial charge in [0.1, 0.15) is 5.84 Å². The zero-order valence-corrected chi connectivity index (χ0v) is 32.2. The molecule has 47 heavy (non-hydrogen) atoms. The molecule has 0 N–H and O–H groups in total. The van der Waals surface area contributed by atoms with Gasteiger partial charge in [-0.05, 0) is 56.7 Å². The van der Waals surface area contributed by atoms with Gasteiger partial charge in [0.15, 0.2) is 0 Å². The van der Waals surface area contributed by atoms with Crippen LogP contribution < -0.4 is 14.9 Å². The van der Waals surface area contributed by atoms with Crippen molar-refractivity contribution in [1.29, 1.82) is 0 Å². The summed E-state index contributed by atoms with van der Waals surface area (Å²) >= 11 is 0. The number of para-hydroxylation sites is 4. The van der Waals surface area contributed by atoms with Gasteiger partial charge >= 0.3 is 0 Å². The standard InChI is InChI=1S/C30H44N3.C12H8N.Au/c1-19(2)23-14-12-15-24(20(3)4)27(23)32-18-33(31-29(32)30(9,10)11)28-25(21(5)6)16-13-17-26(28)22(7)8;1-3-7-11-9(5-1)10-6-2-4-8-12(10)13-11;/h12-22H,1-11H3;1-8H;/q2*-1;. The molecule has 0 atom stereocenters. The van der Waals surface area contributed by atoms with Gasteiger partial charge in [-0.15, -0.1) is 17.7 Å². The fourth-order valence-corrected chi connectivity index (χ4v) is 6.42. The van der Waals surface area contributed by atoms with Crippen molar-refractivity contribution in [2.75, 3.05) is 9.91 Å². The van der Waals surface area contributed by atoms with Crippen LogP contribution in [0, 0.1) is 12.1 Å². The number of hydrogen-bond donors (Lipinski definition) is 0. The Morgan fingerprint density at radius 2 is 0.936 bits per heavy atom. The van der Waals surface area contributed by atoms with E-state index in [1.54, 1.807) is 0 Å². The van der Waals surface area contributed by atoms with E-state index in [-0.39, 0.29) is 27.8 Å². The first kappa shape index (κ1) is 36.5. The van der Waals surface area contributed by atoms with Gasteiger partial charge in [-0.25, -0.2) is 0 Å². The topological polar surface area (TPSA) is 32.9 Å². The van der Waals surface area contributed by atoms with Gasteiger partial charge < -0.3 is 14.9 Å². The third kappa shape index (κ3) is 7.56. The second kappa shape index (κ2) is 14.8. The molecule has 1 radical (unpaired) electrons. The van der Waals surface area contributed by atoms with Crippen LogP contribution in [-0.4, -0.2) is 5.84 Å². The molecule has 1 aromatic heterocycles. The Balaban J connectivity index is 0.000000294. The van der Waals surface area contributed by atoms with E-state index in [4.69, 9.17) is 5.10 Å². The van der Waals surface area contributed by atoms with Gasteiger partial charge in [0.25, 0.3) is 0 Å². The fraction of sp³-hybridized carbons (Fsp3) is 0.381. The van der Waals surface area contributed by atoms with Gasteiger partial charge in [0, 0.05) is 39.2 Å². The van der Waals surface area contributed by atoms with Crippen LogP contribution in [0.25, 0.3) is 21.8 Å². The van der Waals surface area contributed by atoms with Crippen LogP contribution in [0.3, 0.4) is 0 Å². The Morgan fingerprint density at radius 1 is 0.553 bits per heavy atom. The molecular weight excluding hydrogens is 757 g/mol. The van der Waals surface area contributed by atoms with Gasteiger partial charge in [-0.2, -0.15) is 5.10 Å². The first-order valence-corrected chi connectivity index (χ1v) is 17.0.